The Balaban J connectivity index is 1.63. The van der Waals surface area contributed by atoms with Gasteiger partial charge in [-0.2, -0.15) is 0 Å². The van der Waals surface area contributed by atoms with Crippen LogP contribution in [0.2, 0.25) is 5.02 Å². The molecule has 0 N–H and O–H groups in total. The van der Waals surface area contributed by atoms with Gasteiger partial charge in [0.2, 0.25) is 0 Å². The molecule has 0 saturated carbocycles. The summed E-state index contributed by atoms with van der Waals surface area (Å²) in [5.74, 6) is -1.61. The first-order chi connectivity index (χ1) is 14.0. The maximum Gasteiger partial charge on any atom is 0.331 e. The van der Waals surface area contributed by atoms with E-state index in [0.29, 0.717) is 11.4 Å². The van der Waals surface area contributed by atoms with Gasteiger partial charge in [0.05, 0.1) is 7.11 Å². The fraction of sp³-hybridized carbons (Fsp3) is 0.227. The van der Waals surface area contributed by atoms with E-state index in [9.17, 15) is 14.4 Å². The Morgan fingerprint density at radius 3 is 2.48 bits per heavy atom. The summed E-state index contributed by atoms with van der Waals surface area (Å²) in [6, 6.07) is 13.8. The number of esters is 2. The van der Waals surface area contributed by atoms with Gasteiger partial charge in [-0.15, -0.1) is 0 Å². The van der Waals surface area contributed by atoms with Crippen molar-refractivity contribution in [1.82, 2.24) is 4.90 Å². The number of amides is 1. The van der Waals surface area contributed by atoms with Crippen LogP contribution >= 0.6 is 11.6 Å². The van der Waals surface area contributed by atoms with Crippen LogP contribution < -0.4 is 0 Å². The van der Waals surface area contributed by atoms with Crippen LogP contribution in [0.25, 0.3) is 6.08 Å². The van der Waals surface area contributed by atoms with Crippen molar-refractivity contribution in [3.05, 3.63) is 76.3 Å². The summed E-state index contributed by atoms with van der Waals surface area (Å²) in [4.78, 5) is 38.2. The largest absolute Gasteiger partial charge is 0.467 e. The molecule has 2 aromatic rings. The molecule has 0 aliphatic carbocycles. The molecule has 0 fully saturated rings. The standard InChI is InChI=1S/C22H20ClNO5/c1-28-22(27)19-12-16-4-2-3-5-17(16)13-24(19)20(25)14-29-21(26)11-8-15-6-9-18(23)10-7-15/h2-11,19H,12-14H2,1H3/b11-8+/t19-/m0/s1. The van der Waals surface area contributed by atoms with Gasteiger partial charge < -0.3 is 14.4 Å². The van der Waals surface area contributed by atoms with Crippen molar-refractivity contribution in [2.45, 2.75) is 19.0 Å². The first kappa shape index (κ1) is 20.6. The van der Waals surface area contributed by atoms with Gasteiger partial charge in [0, 0.05) is 24.1 Å². The van der Waals surface area contributed by atoms with Crippen molar-refractivity contribution in [2.75, 3.05) is 13.7 Å². The minimum Gasteiger partial charge on any atom is -0.467 e. The Bertz CT molecular complexity index is 938. The number of hydrogen-bond donors (Lipinski definition) is 0. The van der Waals surface area contributed by atoms with E-state index in [2.05, 4.69) is 0 Å². The Labute approximate surface area is 173 Å². The highest BCUT2D eigenvalue weighted by Gasteiger charge is 2.35. The predicted molar refractivity (Wildman–Crippen MR) is 108 cm³/mol. The van der Waals surface area contributed by atoms with Crippen molar-refractivity contribution in [3.8, 4) is 0 Å². The van der Waals surface area contributed by atoms with Gasteiger partial charge in [0.1, 0.15) is 6.04 Å². The van der Waals surface area contributed by atoms with E-state index in [1.807, 2.05) is 24.3 Å². The van der Waals surface area contributed by atoms with Crippen molar-refractivity contribution in [3.63, 3.8) is 0 Å². The zero-order valence-corrected chi connectivity index (χ0v) is 16.6. The van der Waals surface area contributed by atoms with Crippen LogP contribution in [0.5, 0.6) is 0 Å². The van der Waals surface area contributed by atoms with E-state index < -0.39 is 30.5 Å². The van der Waals surface area contributed by atoms with E-state index in [0.717, 1.165) is 16.7 Å². The lowest BCUT2D eigenvalue weighted by atomic mass is 9.94. The minimum absolute atomic E-state index is 0.257. The van der Waals surface area contributed by atoms with Crippen LogP contribution in [0.15, 0.2) is 54.6 Å². The van der Waals surface area contributed by atoms with Crippen molar-refractivity contribution >= 4 is 35.5 Å². The smallest absolute Gasteiger partial charge is 0.331 e. The van der Waals surface area contributed by atoms with Crippen LogP contribution in [0.4, 0.5) is 0 Å². The zero-order valence-electron chi connectivity index (χ0n) is 15.8. The number of carbonyl (C=O) groups is 3. The predicted octanol–water partition coefficient (Wildman–Crippen LogP) is 3.02. The van der Waals surface area contributed by atoms with E-state index >= 15 is 0 Å². The average molecular weight is 414 g/mol. The van der Waals surface area contributed by atoms with E-state index in [-0.39, 0.29) is 6.54 Å². The van der Waals surface area contributed by atoms with Crippen LogP contribution in [-0.2, 0) is 36.8 Å². The molecule has 1 amide bonds. The van der Waals surface area contributed by atoms with Gasteiger partial charge in [0.15, 0.2) is 6.61 Å². The fourth-order valence-corrected chi connectivity index (χ4v) is 3.26. The summed E-state index contributed by atoms with van der Waals surface area (Å²) < 4.78 is 9.90. The second-order valence-electron chi connectivity index (χ2n) is 6.53. The summed E-state index contributed by atoms with van der Waals surface area (Å²) >= 11 is 5.82. The third-order valence-electron chi connectivity index (χ3n) is 4.66. The molecule has 3 rings (SSSR count). The maximum absolute atomic E-state index is 12.7. The highest BCUT2D eigenvalue weighted by atomic mass is 35.5. The number of carbonyl (C=O) groups excluding carboxylic acids is 3. The summed E-state index contributed by atoms with van der Waals surface area (Å²) in [5, 5.41) is 0.596. The number of hydrogen-bond acceptors (Lipinski definition) is 5. The second-order valence-corrected chi connectivity index (χ2v) is 6.96. The normalized spacial score (nSPS) is 15.7. The summed E-state index contributed by atoms with van der Waals surface area (Å²) in [5.41, 5.74) is 2.72. The summed E-state index contributed by atoms with van der Waals surface area (Å²) in [7, 11) is 1.28. The molecule has 1 aliphatic rings. The highest BCUT2D eigenvalue weighted by molar-refractivity contribution is 6.30. The number of rotatable bonds is 5. The third-order valence-corrected chi connectivity index (χ3v) is 4.91. The maximum atomic E-state index is 12.7. The number of ether oxygens (including phenoxy) is 2. The van der Waals surface area contributed by atoms with Crippen LogP contribution in [0, 0.1) is 0 Å². The molecular weight excluding hydrogens is 394 g/mol. The van der Waals surface area contributed by atoms with Gasteiger partial charge in [-0.3, -0.25) is 4.79 Å². The van der Waals surface area contributed by atoms with E-state index in [4.69, 9.17) is 21.1 Å². The van der Waals surface area contributed by atoms with Crippen molar-refractivity contribution in [2.24, 2.45) is 0 Å². The number of nitrogens with zero attached hydrogens (tertiary/aromatic N) is 1. The lowest BCUT2D eigenvalue weighted by molar-refractivity contribution is -0.158. The van der Waals surface area contributed by atoms with Crippen LogP contribution in [0.3, 0.4) is 0 Å². The number of fused-ring (bicyclic) bond motifs is 1. The van der Waals surface area contributed by atoms with Crippen molar-refractivity contribution < 1.29 is 23.9 Å². The Morgan fingerprint density at radius 2 is 1.79 bits per heavy atom. The van der Waals surface area contributed by atoms with E-state index in [1.54, 1.807) is 30.3 Å². The average Bonchev–Trinajstić information content (AvgIpc) is 2.75. The molecule has 1 aliphatic heterocycles. The first-order valence-electron chi connectivity index (χ1n) is 9.02. The van der Waals surface area contributed by atoms with E-state index in [1.165, 1.54) is 18.1 Å². The quantitative estimate of drug-likeness (QED) is 0.556. The van der Waals surface area contributed by atoms with Gasteiger partial charge in [0.25, 0.3) is 5.91 Å². The second kappa shape index (κ2) is 9.39. The molecule has 2 aromatic carbocycles. The molecule has 150 valence electrons. The monoisotopic (exact) mass is 413 g/mol. The third kappa shape index (κ3) is 5.23. The molecule has 0 spiro atoms. The molecular formula is C22H20ClNO5. The van der Waals surface area contributed by atoms with Gasteiger partial charge >= 0.3 is 11.9 Å². The molecule has 1 atom stereocenters. The topological polar surface area (TPSA) is 72.9 Å². The van der Waals surface area contributed by atoms with Gasteiger partial charge in [-0.05, 0) is 34.9 Å². The highest BCUT2D eigenvalue weighted by Crippen LogP contribution is 2.24. The Morgan fingerprint density at radius 1 is 1.10 bits per heavy atom. The molecule has 6 nitrogen and oxygen atoms in total. The number of benzene rings is 2. The molecule has 0 bridgehead atoms. The SMILES string of the molecule is COC(=O)[C@@H]1Cc2ccccc2CN1C(=O)COC(=O)/C=C/c1ccc(Cl)cc1. The number of methoxy groups -OCH3 is 1. The fourth-order valence-electron chi connectivity index (χ4n) is 3.13. The zero-order chi connectivity index (χ0) is 20.8. The molecule has 0 aromatic heterocycles. The Hall–Kier alpha value is -3.12. The first-order valence-corrected chi connectivity index (χ1v) is 9.40. The summed E-state index contributed by atoms with van der Waals surface area (Å²) in [6.45, 7) is -0.202. The van der Waals surface area contributed by atoms with Crippen molar-refractivity contribution in [1.29, 1.82) is 0 Å². The minimum atomic E-state index is -0.745. The molecule has 7 heteroatoms. The molecule has 0 radical (unpaired) electrons. The van der Waals surface area contributed by atoms with Crippen LogP contribution in [-0.4, -0.2) is 42.5 Å². The lowest BCUT2D eigenvalue weighted by Gasteiger charge is -2.35. The molecule has 0 saturated heterocycles. The summed E-state index contributed by atoms with van der Waals surface area (Å²) in [6.07, 6.45) is 3.16. The molecule has 29 heavy (non-hydrogen) atoms. The Kier molecular flexibility index (Phi) is 6.67. The van der Waals surface area contributed by atoms with Gasteiger partial charge in [-0.1, -0.05) is 48.0 Å². The van der Waals surface area contributed by atoms with Gasteiger partial charge in [-0.25, -0.2) is 9.59 Å². The van der Waals surface area contributed by atoms with Crippen LogP contribution in [0.1, 0.15) is 16.7 Å². The molecule has 0 unspecified atom stereocenters. The lowest BCUT2D eigenvalue weighted by Crippen LogP contribution is -2.50. The molecule has 1 heterocycles. The number of halogens is 1.